The van der Waals surface area contributed by atoms with E-state index in [0.717, 1.165) is 38.5 Å². The molecule has 0 bridgehead atoms. The van der Waals surface area contributed by atoms with Crippen LogP contribution in [-0.2, 0) is 4.74 Å². The lowest BCUT2D eigenvalue weighted by Gasteiger charge is -2.23. The molecule has 0 aliphatic carbocycles. The number of benzene rings is 1. The lowest BCUT2D eigenvalue weighted by atomic mass is 9.90. The van der Waals surface area contributed by atoms with Crippen molar-refractivity contribution in [2.75, 3.05) is 33.4 Å². The van der Waals surface area contributed by atoms with Gasteiger partial charge in [0.15, 0.2) is 0 Å². The third kappa shape index (κ3) is 4.00. The molecule has 1 saturated heterocycles. The highest BCUT2D eigenvalue weighted by molar-refractivity contribution is 5.31. The molecule has 0 spiro atoms. The van der Waals surface area contributed by atoms with Crippen LogP contribution in [0.25, 0.3) is 0 Å². The number of methoxy groups -OCH3 is 1. The summed E-state index contributed by atoms with van der Waals surface area (Å²) >= 11 is 0. The van der Waals surface area contributed by atoms with Crippen LogP contribution in [0.3, 0.4) is 0 Å². The number of nitrogens with one attached hydrogen (secondary N) is 1. The minimum absolute atomic E-state index is 0.689. The van der Waals surface area contributed by atoms with Crippen molar-refractivity contribution in [3.8, 4) is 5.75 Å². The number of ether oxygens (including phenoxy) is 2. The fraction of sp³-hybridized carbons (Fsp3) is 0.600. The molecule has 0 unspecified atom stereocenters. The predicted molar refractivity (Wildman–Crippen MR) is 73.3 cm³/mol. The topological polar surface area (TPSA) is 30.5 Å². The van der Waals surface area contributed by atoms with Gasteiger partial charge in [-0.2, -0.15) is 0 Å². The van der Waals surface area contributed by atoms with Crippen LogP contribution in [0.15, 0.2) is 24.3 Å². The highest BCUT2D eigenvalue weighted by atomic mass is 16.5. The van der Waals surface area contributed by atoms with E-state index in [1.165, 1.54) is 18.4 Å². The van der Waals surface area contributed by atoms with Crippen LogP contribution in [0, 0.1) is 0 Å². The van der Waals surface area contributed by atoms with Gasteiger partial charge in [0.05, 0.1) is 6.61 Å². The van der Waals surface area contributed by atoms with Crippen molar-refractivity contribution >= 4 is 0 Å². The van der Waals surface area contributed by atoms with Gasteiger partial charge < -0.3 is 14.8 Å². The van der Waals surface area contributed by atoms with Crippen molar-refractivity contribution in [2.24, 2.45) is 0 Å². The first-order valence-corrected chi connectivity index (χ1v) is 6.82. The predicted octanol–water partition coefficient (Wildman–Crippen LogP) is 2.57. The molecule has 1 aliphatic rings. The zero-order valence-electron chi connectivity index (χ0n) is 11.2. The van der Waals surface area contributed by atoms with Gasteiger partial charge in [-0.25, -0.2) is 0 Å². The highest BCUT2D eigenvalue weighted by Crippen LogP contribution is 2.27. The average Bonchev–Trinajstić information content (AvgIpc) is 2.45. The van der Waals surface area contributed by atoms with Crippen LogP contribution in [0.1, 0.15) is 30.7 Å². The maximum atomic E-state index is 5.74. The zero-order chi connectivity index (χ0) is 12.6. The molecule has 0 atom stereocenters. The number of hydrogen-bond acceptors (Lipinski definition) is 3. The SMILES string of the molecule is COCCCOc1cccc(C2CCNCC2)c1. The van der Waals surface area contributed by atoms with Crippen molar-refractivity contribution < 1.29 is 9.47 Å². The quantitative estimate of drug-likeness (QED) is 0.786. The Morgan fingerprint density at radius 2 is 2.06 bits per heavy atom. The molecule has 100 valence electrons. The number of hydrogen-bond donors (Lipinski definition) is 1. The van der Waals surface area contributed by atoms with Gasteiger partial charge in [-0.05, 0) is 49.5 Å². The van der Waals surface area contributed by atoms with Crippen LogP contribution in [0.2, 0.25) is 0 Å². The summed E-state index contributed by atoms with van der Waals surface area (Å²) in [4.78, 5) is 0. The Morgan fingerprint density at radius 1 is 1.22 bits per heavy atom. The summed E-state index contributed by atoms with van der Waals surface area (Å²) in [5.74, 6) is 1.68. The third-order valence-electron chi connectivity index (χ3n) is 3.43. The van der Waals surface area contributed by atoms with Crippen molar-refractivity contribution in [3.63, 3.8) is 0 Å². The average molecular weight is 249 g/mol. The van der Waals surface area contributed by atoms with Gasteiger partial charge >= 0.3 is 0 Å². The van der Waals surface area contributed by atoms with Crippen LogP contribution in [0.5, 0.6) is 5.75 Å². The fourth-order valence-corrected chi connectivity index (χ4v) is 2.41. The number of rotatable bonds is 6. The summed E-state index contributed by atoms with van der Waals surface area (Å²) in [6.45, 7) is 3.74. The first kappa shape index (κ1) is 13.4. The summed E-state index contributed by atoms with van der Waals surface area (Å²) in [7, 11) is 1.72. The van der Waals surface area contributed by atoms with E-state index < -0.39 is 0 Å². The third-order valence-corrected chi connectivity index (χ3v) is 3.43. The molecule has 18 heavy (non-hydrogen) atoms. The van der Waals surface area contributed by atoms with E-state index in [0.29, 0.717) is 5.92 Å². The maximum absolute atomic E-state index is 5.74. The van der Waals surface area contributed by atoms with Crippen LogP contribution < -0.4 is 10.1 Å². The first-order chi connectivity index (χ1) is 8.90. The van der Waals surface area contributed by atoms with E-state index in [9.17, 15) is 0 Å². The van der Waals surface area contributed by atoms with Gasteiger partial charge in [0.25, 0.3) is 0 Å². The molecular formula is C15H23NO2. The Hall–Kier alpha value is -1.06. The largest absolute Gasteiger partial charge is 0.493 e. The van der Waals surface area contributed by atoms with Gasteiger partial charge in [-0.1, -0.05) is 12.1 Å². The standard InChI is InChI=1S/C15H23NO2/c1-17-10-3-11-18-15-5-2-4-14(12-15)13-6-8-16-9-7-13/h2,4-5,12-13,16H,3,6-11H2,1H3. The van der Waals surface area contributed by atoms with Gasteiger partial charge in [-0.15, -0.1) is 0 Å². The summed E-state index contributed by atoms with van der Waals surface area (Å²) in [5, 5.41) is 3.40. The summed E-state index contributed by atoms with van der Waals surface area (Å²) in [6, 6.07) is 8.56. The Morgan fingerprint density at radius 3 is 2.83 bits per heavy atom. The monoisotopic (exact) mass is 249 g/mol. The second kappa shape index (κ2) is 7.39. The fourth-order valence-electron chi connectivity index (χ4n) is 2.41. The minimum atomic E-state index is 0.689. The van der Waals surface area contributed by atoms with Crippen molar-refractivity contribution in [1.29, 1.82) is 0 Å². The second-order valence-corrected chi connectivity index (χ2v) is 4.79. The van der Waals surface area contributed by atoms with E-state index in [1.807, 2.05) is 6.07 Å². The van der Waals surface area contributed by atoms with Crippen molar-refractivity contribution in [2.45, 2.75) is 25.2 Å². The van der Waals surface area contributed by atoms with Gasteiger partial charge in [0, 0.05) is 20.1 Å². The van der Waals surface area contributed by atoms with Gasteiger partial charge in [-0.3, -0.25) is 0 Å². The Balaban J connectivity index is 1.88. The molecule has 1 aliphatic heterocycles. The summed E-state index contributed by atoms with van der Waals surface area (Å²) in [6.07, 6.45) is 3.40. The molecule has 3 heteroatoms. The van der Waals surface area contributed by atoms with E-state index in [-0.39, 0.29) is 0 Å². The molecule has 1 fully saturated rings. The smallest absolute Gasteiger partial charge is 0.119 e. The molecule has 0 radical (unpaired) electrons. The molecular weight excluding hydrogens is 226 g/mol. The van der Waals surface area contributed by atoms with Crippen LogP contribution in [-0.4, -0.2) is 33.4 Å². The first-order valence-electron chi connectivity index (χ1n) is 6.82. The number of piperidine rings is 1. The van der Waals surface area contributed by atoms with Crippen LogP contribution >= 0.6 is 0 Å². The van der Waals surface area contributed by atoms with Gasteiger partial charge in [0.2, 0.25) is 0 Å². The Kier molecular flexibility index (Phi) is 5.49. The molecule has 0 saturated carbocycles. The minimum Gasteiger partial charge on any atom is -0.493 e. The van der Waals surface area contributed by atoms with E-state index in [1.54, 1.807) is 7.11 Å². The summed E-state index contributed by atoms with van der Waals surface area (Å²) in [5.41, 5.74) is 1.42. The second-order valence-electron chi connectivity index (χ2n) is 4.79. The molecule has 1 N–H and O–H groups in total. The summed E-state index contributed by atoms with van der Waals surface area (Å²) < 4.78 is 10.8. The zero-order valence-corrected chi connectivity index (χ0v) is 11.2. The lowest BCUT2D eigenvalue weighted by Crippen LogP contribution is -2.26. The lowest BCUT2D eigenvalue weighted by molar-refractivity contribution is 0.172. The van der Waals surface area contributed by atoms with Gasteiger partial charge in [0.1, 0.15) is 5.75 Å². The molecule has 1 heterocycles. The normalized spacial score (nSPS) is 16.7. The van der Waals surface area contributed by atoms with E-state index >= 15 is 0 Å². The molecule has 1 aromatic rings. The van der Waals surface area contributed by atoms with E-state index in [2.05, 4.69) is 23.5 Å². The van der Waals surface area contributed by atoms with Crippen molar-refractivity contribution in [3.05, 3.63) is 29.8 Å². The molecule has 1 aromatic carbocycles. The Labute approximate surface area is 109 Å². The molecule has 0 amide bonds. The van der Waals surface area contributed by atoms with Crippen molar-refractivity contribution in [1.82, 2.24) is 5.32 Å². The Bertz CT molecular complexity index is 348. The molecule has 2 rings (SSSR count). The van der Waals surface area contributed by atoms with Crippen LogP contribution in [0.4, 0.5) is 0 Å². The van der Waals surface area contributed by atoms with E-state index in [4.69, 9.17) is 9.47 Å². The molecule has 0 aromatic heterocycles. The maximum Gasteiger partial charge on any atom is 0.119 e. The highest BCUT2D eigenvalue weighted by Gasteiger charge is 2.15. The molecule has 3 nitrogen and oxygen atoms in total.